The Morgan fingerprint density at radius 3 is 1.38 bits per heavy atom. The number of fused-ring (bicyclic) bond motifs is 15. The largest absolute Gasteiger partial charge is 0.456 e. The number of furan rings is 1. The quantitative estimate of drug-likeness (QED) is 0.176. The van der Waals surface area contributed by atoms with Crippen LogP contribution in [-0.2, 0) is 5.41 Å². The van der Waals surface area contributed by atoms with Crippen LogP contribution in [0.3, 0.4) is 0 Å². The molecule has 0 amide bonds. The lowest BCUT2D eigenvalue weighted by molar-refractivity contribution is 0.661. The van der Waals surface area contributed by atoms with Crippen LogP contribution >= 0.6 is 0 Å². The fraction of sp³-hybridized carbons (Fsp3) is 0.0526. The van der Waals surface area contributed by atoms with Gasteiger partial charge in [0.15, 0.2) is 0 Å². The van der Waals surface area contributed by atoms with Gasteiger partial charge >= 0.3 is 0 Å². The van der Waals surface area contributed by atoms with Crippen molar-refractivity contribution in [2.45, 2.75) is 19.3 Å². The number of hydrogen-bond acceptors (Lipinski definition) is 1. The summed E-state index contributed by atoms with van der Waals surface area (Å²) in [5.74, 6) is 0. The highest BCUT2D eigenvalue weighted by Crippen LogP contribution is 2.53. The first-order valence-electron chi connectivity index (χ1n) is 21.2. The summed E-state index contributed by atoms with van der Waals surface area (Å²) in [7, 11) is 0. The van der Waals surface area contributed by atoms with Gasteiger partial charge < -0.3 is 18.1 Å². The van der Waals surface area contributed by atoms with E-state index in [-0.39, 0.29) is 5.41 Å². The van der Waals surface area contributed by atoms with E-state index >= 15 is 0 Å². The van der Waals surface area contributed by atoms with Gasteiger partial charge in [-0.25, -0.2) is 0 Å². The summed E-state index contributed by atoms with van der Waals surface area (Å²) >= 11 is 0. The number of aromatic nitrogens is 3. The van der Waals surface area contributed by atoms with Crippen LogP contribution in [0, 0.1) is 0 Å². The molecule has 0 spiro atoms. The molecule has 0 radical (unpaired) electrons. The van der Waals surface area contributed by atoms with Crippen LogP contribution in [0.2, 0.25) is 0 Å². The Morgan fingerprint density at radius 2 is 0.754 bits per heavy atom. The second-order valence-corrected chi connectivity index (χ2v) is 17.3. The molecule has 0 N–H and O–H groups in total. The molecule has 13 aromatic rings. The topological polar surface area (TPSA) is 27.9 Å². The van der Waals surface area contributed by atoms with Crippen molar-refractivity contribution in [3.05, 3.63) is 199 Å². The number of rotatable bonds is 3. The number of benzene rings is 9. The van der Waals surface area contributed by atoms with Gasteiger partial charge in [0.25, 0.3) is 0 Å². The molecule has 0 bridgehead atoms. The molecule has 61 heavy (non-hydrogen) atoms. The Morgan fingerprint density at radius 1 is 0.311 bits per heavy atom. The molecule has 14 rings (SSSR count). The van der Waals surface area contributed by atoms with Gasteiger partial charge in [-0.2, -0.15) is 0 Å². The van der Waals surface area contributed by atoms with Gasteiger partial charge in [-0.3, -0.25) is 0 Å². The van der Waals surface area contributed by atoms with Crippen LogP contribution in [-0.4, -0.2) is 13.7 Å². The van der Waals surface area contributed by atoms with Crippen LogP contribution in [0.4, 0.5) is 0 Å². The summed E-state index contributed by atoms with van der Waals surface area (Å²) < 4.78 is 13.7. The first kappa shape index (κ1) is 33.1. The van der Waals surface area contributed by atoms with Crippen molar-refractivity contribution < 1.29 is 4.42 Å². The summed E-state index contributed by atoms with van der Waals surface area (Å²) in [5.41, 5.74) is 17.6. The highest BCUT2D eigenvalue weighted by molar-refractivity contribution is 6.16. The molecule has 4 heteroatoms. The van der Waals surface area contributed by atoms with E-state index in [2.05, 4.69) is 203 Å². The molecule has 0 saturated carbocycles. The molecule has 4 nitrogen and oxygen atoms in total. The minimum atomic E-state index is -0.218. The Balaban J connectivity index is 0.985. The molecule has 1 aliphatic carbocycles. The molecule has 0 fully saturated rings. The van der Waals surface area contributed by atoms with Gasteiger partial charge in [-0.15, -0.1) is 0 Å². The standard InChI is InChI=1S/C57H37N3O/c1-57(2)47-32-53-45(38-17-7-10-20-49(38)58(53)34-14-4-3-5-15-34)30-42(47)43-31-46-39-18-8-12-22-51(39)60(54(46)33-48(43)57)35-25-27-52-44(28-35)37-16-6-11-21-50(37)59(52)36-24-26-41-40-19-9-13-23-55(40)61-56(41)29-36/h3-33H,1-2H3. The van der Waals surface area contributed by atoms with E-state index < -0.39 is 0 Å². The smallest absolute Gasteiger partial charge is 0.137 e. The molecule has 4 heterocycles. The van der Waals surface area contributed by atoms with E-state index in [9.17, 15) is 0 Å². The third-order valence-electron chi connectivity index (χ3n) is 13.8. The van der Waals surface area contributed by atoms with E-state index in [0.29, 0.717) is 0 Å². The molecule has 9 aromatic carbocycles. The number of hydrogen-bond donors (Lipinski definition) is 0. The lowest BCUT2D eigenvalue weighted by Gasteiger charge is -2.22. The van der Waals surface area contributed by atoms with Crippen LogP contribution in [0.1, 0.15) is 25.0 Å². The van der Waals surface area contributed by atoms with Crippen molar-refractivity contribution in [2.75, 3.05) is 0 Å². The minimum Gasteiger partial charge on any atom is -0.456 e. The first-order valence-corrected chi connectivity index (χ1v) is 21.2. The molecule has 286 valence electrons. The van der Waals surface area contributed by atoms with Crippen molar-refractivity contribution in [1.82, 2.24) is 13.7 Å². The second kappa shape index (κ2) is 11.7. The van der Waals surface area contributed by atoms with Crippen LogP contribution in [0.5, 0.6) is 0 Å². The van der Waals surface area contributed by atoms with Crippen molar-refractivity contribution in [2.24, 2.45) is 0 Å². The Bertz CT molecular complexity index is 4020. The number of nitrogens with zero attached hydrogens (tertiary/aromatic N) is 3. The second-order valence-electron chi connectivity index (χ2n) is 17.3. The van der Waals surface area contributed by atoms with E-state index in [4.69, 9.17) is 4.42 Å². The zero-order valence-corrected chi connectivity index (χ0v) is 33.6. The summed E-state index contributed by atoms with van der Waals surface area (Å²) in [6, 6.07) is 69.1. The number of para-hydroxylation sites is 5. The Hall–Kier alpha value is -7.82. The zero-order valence-electron chi connectivity index (χ0n) is 33.6. The van der Waals surface area contributed by atoms with Gasteiger partial charge in [0.2, 0.25) is 0 Å². The summed E-state index contributed by atoms with van der Waals surface area (Å²) in [4.78, 5) is 0. The monoisotopic (exact) mass is 779 g/mol. The zero-order chi connectivity index (χ0) is 40.1. The van der Waals surface area contributed by atoms with Crippen molar-refractivity contribution >= 4 is 87.4 Å². The summed E-state index contributed by atoms with van der Waals surface area (Å²) in [6.45, 7) is 4.81. The van der Waals surface area contributed by atoms with Crippen molar-refractivity contribution in [1.29, 1.82) is 0 Å². The molecule has 0 atom stereocenters. The van der Waals surface area contributed by atoms with Gasteiger partial charge in [-0.05, 0) is 113 Å². The fourth-order valence-corrected chi connectivity index (χ4v) is 11.0. The average Bonchev–Trinajstić information content (AvgIpc) is 4.07. The molecule has 1 aliphatic rings. The Labute approximate surface area is 350 Å². The maximum atomic E-state index is 6.37. The predicted molar refractivity (Wildman–Crippen MR) is 254 cm³/mol. The van der Waals surface area contributed by atoms with E-state index in [0.717, 1.165) is 38.8 Å². The Kier molecular flexibility index (Phi) is 6.33. The lowest BCUT2D eigenvalue weighted by Crippen LogP contribution is -2.15. The van der Waals surface area contributed by atoms with Crippen LogP contribution < -0.4 is 0 Å². The van der Waals surface area contributed by atoms with E-state index in [1.54, 1.807) is 0 Å². The molecule has 4 aromatic heterocycles. The van der Waals surface area contributed by atoms with E-state index in [1.807, 2.05) is 12.1 Å². The highest BCUT2D eigenvalue weighted by atomic mass is 16.3. The maximum Gasteiger partial charge on any atom is 0.137 e. The van der Waals surface area contributed by atoms with Crippen molar-refractivity contribution in [3.63, 3.8) is 0 Å². The van der Waals surface area contributed by atoms with Gasteiger partial charge in [0.1, 0.15) is 11.2 Å². The first-order chi connectivity index (χ1) is 30.0. The normalized spacial score (nSPS) is 13.5. The summed E-state index contributed by atoms with van der Waals surface area (Å²) in [5, 5.41) is 9.81. The summed E-state index contributed by atoms with van der Waals surface area (Å²) in [6.07, 6.45) is 0. The highest BCUT2D eigenvalue weighted by Gasteiger charge is 2.37. The van der Waals surface area contributed by atoms with Gasteiger partial charge in [0, 0.05) is 71.6 Å². The molecular weight excluding hydrogens is 743 g/mol. The average molecular weight is 780 g/mol. The van der Waals surface area contributed by atoms with Crippen LogP contribution in [0.15, 0.2) is 192 Å². The molecule has 0 unspecified atom stereocenters. The molecule has 0 saturated heterocycles. The van der Waals surface area contributed by atoms with Gasteiger partial charge in [-0.1, -0.05) is 105 Å². The molecular formula is C57H37N3O. The van der Waals surface area contributed by atoms with Gasteiger partial charge in [0.05, 0.1) is 33.1 Å². The SMILES string of the molecule is CC1(C)c2cc3c(cc2-c2cc4c5ccccc5n(-c5ccc6c(c5)c5ccccc5n6-c5ccc6c(c5)oc5ccccc56)c4cc21)c1ccccc1n3-c1ccccc1. The maximum absolute atomic E-state index is 6.37. The van der Waals surface area contributed by atoms with Crippen LogP contribution in [0.25, 0.3) is 116 Å². The third-order valence-corrected chi connectivity index (χ3v) is 13.8. The minimum absolute atomic E-state index is 0.218. The van der Waals surface area contributed by atoms with E-state index in [1.165, 1.54) is 87.8 Å². The molecule has 0 aliphatic heterocycles. The lowest BCUT2D eigenvalue weighted by atomic mass is 9.82. The fourth-order valence-electron chi connectivity index (χ4n) is 11.0. The third kappa shape index (κ3) is 4.33. The van der Waals surface area contributed by atoms with Crippen molar-refractivity contribution in [3.8, 4) is 28.2 Å². The predicted octanol–water partition coefficient (Wildman–Crippen LogP) is 15.2.